The van der Waals surface area contributed by atoms with Gasteiger partial charge in [-0.1, -0.05) is 12.1 Å². The van der Waals surface area contributed by atoms with Crippen molar-refractivity contribution in [2.45, 2.75) is 33.3 Å². The van der Waals surface area contributed by atoms with Gasteiger partial charge in [-0.25, -0.2) is 5.84 Å². The number of alkyl carbamates (subject to hydrolysis) is 1. The first-order valence-electron chi connectivity index (χ1n) is 13.5. The first kappa shape index (κ1) is 33.0. The topological polar surface area (TPSA) is 176 Å². The third kappa shape index (κ3) is 9.82. The second-order valence-electron chi connectivity index (χ2n) is 10.5. The first-order chi connectivity index (χ1) is 20.9. The normalized spacial score (nSPS) is 10.9. The average molecular weight is 596 g/mol. The van der Waals surface area contributed by atoms with E-state index in [0.717, 1.165) is 23.3 Å². The number of ether oxygens (including phenoxy) is 1. The Labute approximate surface area is 256 Å². The molecule has 44 heavy (non-hydrogen) atoms. The Bertz CT molecular complexity index is 1590. The van der Waals surface area contributed by atoms with Crippen LogP contribution < -0.4 is 21.8 Å². The third-order valence-corrected chi connectivity index (χ3v) is 5.93. The van der Waals surface area contributed by atoms with Crippen LogP contribution in [0.3, 0.4) is 0 Å². The van der Waals surface area contributed by atoms with Gasteiger partial charge >= 0.3 is 182 Å². The molecule has 0 radical (unpaired) electrons. The molecule has 12 nitrogen and oxygen atoms in total. The fourth-order valence-corrected chi connectivity index (χ4v) is 3.91. The zero-order valence-electron chi connectivity index (χ0n) is 24.8. The van der Waals surface area contributed by atoms with Gasteiger partial charge in [0.25, 0.3) is 5.91 Å². The van der Waals surface area contributed by atoms with Crippen LogP contribution in [0.2, 0.25) is 0 Å². The van der Waals surface area contributed by atoms with E-state index in [1.54, 1.807) is 75.4 Å². The van der Waals surface area contributed by atoms with Gasteiger partial charge in [0.2, 0.25) is 0 Å². The molecule has 0 aliphatic carbocycles. The van der Waals surface area contributed by atoms with Gasteiger partial charge in [0.15, 0.2) is 5.78 Å². The van der Waals surface area contributed by atoms with Crippen LogP contribution in [0.4, 0.5) is 10.5 Å². The van der Waals surface area contributed by atoms with Gasteiger partial charge in [0, 0.05) is 11.1 Å². The summed E-state index contributed by atoms with van der Waals surface area (Å²) in [6.07, 6.45) is 0.783. The molecule has 5 N–H and O–H groups in total. The first-order valence-corrected chi connectivity index (χ1v) is 13.5. The Balaban J connectivity index is 1.64. The summed E-state index contributed by atoms with van der Waals surface area (Å²) < 4.78 is 9.98. The minimum atomic E-state index is -0.741. The number of rotatable bonds is 11. The fraction of sp³-hybridized carbons (Fsp3) is 0.226. The number of nitriles is 1. The number of ketones is 1. The molecule has 0 aromatic heterocycles. The van der Waals surface area contributed by atoms with Gasteiger partial charge in [0.05, 0.1) is 0 Å². The molecule has 3 amide bonds. The van der Waals surface area contributed by atoms with E-state index >= 15 is 0 Å². The van der Waals surface area contributed by atoms with Gasteiger partial charge in [-0.2, -0.15) is 0 Å². The Kier molecular flexibility index (Phi) is 11.4. The van der Waals surface area contributed by atoms with Crippen molar-refractivity contribution in [2.75, 3.05) is 18.4 Å². The van der Waals surface area contributed by atoms with Crippen LogP contribution in [-0.2, 0) is 9.39 Å². The summed E-state index contributed by atoms with van der Waals surface area (Å²) in [5, 5.41) is 18.1. The Morgan fingerprint density at radius 2 is 1.64 bits per heavy atom. The smallest absolute Gasteiger partial charge is 0.0386 e. The van der Waals surface area contributed by atoms with Crippen LogP contribution in [0.5, 0.6) is 0 Å². The molecule has 0 heterocycles. The summed E-state index contributed by atoms with van der Waals surface area (Å²) in [6.45, 7) is 6.74. The standard InChI is InChI=1S/C31H33BN6O6/c1-20(39)23-8-7-9-24(18-23)28(41)38(34)17-16-35-27(40)22-14-12-21(13-15-22)25-10-5-6-11-26(25)36-29(32-43-19-33)37-30(42)44-31(2,3)4/h5-15,18,36H,16-17,34H2,1-4H3,(H,35,40)(H,37,42). The minimum Gasteiger partial charge on any atom is -0.0386 e. The second kappa shape index (κ2) is 15.1. The van der Waals surface area contributed by atoms with E-state index in [4.69, 9.17) is 20.5 Å². The maximum absolute atomic E-state index is 12.7. The number of nitrogens with one attached hydrogen (secondary N) is 3. The molecule has 0 aliphatic rings. The van der Waals surface area contributed by atoms with Crippen molar-refractivity contribution in [3.63, 3.8) is 0 Å². The number of benzene rings is 3. The van der Waals surface area contributed by atoms with Crippen LogP contribution in [-0.4, -0.2) is 60.2 Å². The molecule has 0 bridgehead atoms. The minimum absolute atomic E-state index is 0.0503. The van der Waals surface area contributed by atoms with E-state index < -0.39 is 17.6 Å². The molecule has 3 aromatic carbocycles. The number of Topliss-reactive ketones (excluding diaryl/α,β-unsaturated/α-hetero) is 1. The van der Waals surface area contributed by atoms with Crippen molar-refractivity contribution in [3.8, 4) is 17.4 Å². The van der Waals surface area contributed by atoms with E-state index in [9.17, 15) is 19.2 Å². The van der Waals surface area contributed by atoms with E-state index in [0.29, 0.717) is 16.8 Å². The van der Waals surface area contributed by atoms with Gasteiger partial charge in [-0.05, 0) is 19.1 Å². The van der Waals surface area contributed by atoms with Crippen LogP contribution in [0.25, 0.3) is 11.1 Å². The maximum Gasteiger partial charge on any atom is -0.0386 e. The number of hydrogen-bond donors (Lipinski definition) is 4. The van der Waals surface area contributed by atoms with E-state index in [-0.39, 0.29) is 36.1 Å². The molecule has 13 heteroatoms. The van der Waals surface area contributed by atoms with E-state index in [1.165, 1.54) is 19.2 Å². The molecule has 0 unspecified atom stereocenters. The summed E-state index contributed by atoms with van der Waals surface area (Å²) >= 11 is 0. The van der Waals surface area contributed by atoms with Crippen LogP contribution in [0.1, 0.15) is 58.8 Å². The van der Waals surface area contributed by atoms with Crippen molar-refractivity contribution in [2.24, 2.45) is 5.84 Å². The molecule has 3 aromatic rings. The quantitative estimate of drug-likeness (QED) is 0.0645. The number of carbonyl (C=O) groups is 4. The number of carbonyl (C=O) groups excluding carboxylic acids is 4. The summed E-state index contributed by atoms with van der Waals surface area (Å²) in [7, 11) is 1.05. The third-order valence-electron chi connectivity index (χ3n) is 5.93. The van der Waals surface area contributed by atoms with Crippen molar-refractivity contribution < 1.29 is 28.6 Å². The van der Waals surface area contributed by atoms with Crippen molar-refractivity contribution in [3.05, 3.63) is 89.5 Å². The van der Waals surface area contributed by atoms with Gasteiger partial charge in [-0.15, -0.1) is 0 Å². The summed E-state index contributed by atoms with van der Waals surface area (Å²) in [5.74, 6) is 4.90. The van der Waals surface area contributed by atoms with E-state index in [1.807, 2.05) is 12.1 Å². The monoisotopic (exact) mass is 596 g/mol. The number of amides is 3. The Morgan fingerprint density at radius 1 is 0.955 bits per heavy atom. The average Bonchev–Trinajstić information content (AvgIpc) is 2.98. The molecule has 0 aliphatic heterocycles. The molecule has 0 spiro atoms. The Morgan fingerprint density at radius 3 is 2.30 bits per heavy atom. The zero-order chi connectivity index (χ0) is 32.3. The van der Waals surface area contributed by atoms with Crippen LogP contribution >= 0.6 is 0 Å². The zero-order valence-corrected chi connectivity index (χ0v) is 24.8. The van der Waals surface area contributed by atoms with E-state index in [2.05, 4.69) is 16.0 Å². The maximum atomic E-state index is 12.7. The summed E-state index contributed by atoms with van der Waals surface area (Å²) in [5.41, 5.74) is 2.48. The van der Waals surface area contributed by atoms with Gasteiger partial charge in [-0.3, -0.25) is 14.6 Å². The van der Waals surface area contributed by atoms with Crippen molar-refractivity contribution in [1.82, 2.24) is 15.6 Å². The number of para-hydroxylation sites is 1. The van der Waals surface area contributed by atoms with Gasteiger partial charge in [0.1, 0.15) is 0 Å². The molecule has 0 saturated carbocycles. The molecular formula is C31H33BN6O6. The second-order valence-corrected chi connectivity index (χ2v) is 10.5. The van der Waals surface area contributed by atoms with Crippen molar-refractivity contribution in [1.29, 1.82) is 5.26 Å². The fourth-order valence-electron chi connectivity index (χ4n) is 3.91. The number of hydrazine groups is 1. The Hall–Kier alpha value is -5.48. The largest absolute Gasteiger partial charge is 0.0386 e. The van der Waals surface area contributed by atoms with Gasteiger partial charge < -0.3 is 0 Å². The van der Waals surface area contributed by atoms with Crippen LogP contribution in [0, 0.1) is 11.5 Å². The number of hydrogen-bond acceptors (Lipinski definition) is 9. The SMILES string of the molecule is CC(=O)c1cccc(C(=O)N(N)CCNC(=O)c2ccc(-c3ccccc3NC(=BOC#N)NC(=O)OC(C)(C)C)cc2)c1. The molecule has 226 valence electrons. The van der Waals surface area contributed by atoms with Crippen molar-refractivity contribution >= 4 is 42.2 Å². The number of nitrogens with zero attached hydrogens (tertiary/aromatic N) is 2. The number of nitrogens with two attached hydrogens (primary N) is 1. The number of anilines is 1. The summed E-state index contributed by atoms with van der Waals surface area (Å²) in [4.78, 5) is 49.2. The molecule has 0 atom stereocenters. The predicted octanol–water partition coefficient (Wildman–Crippen LogP) is 3.44. The molecule has 0 saturated heterocycles. The molecule has 3 rings (SSSR count). The predicted molar refractivity (Wildman–Crippen MR) is 166 cm³/mol. The molecule has 0 fully saturated rings. The van der Waals surface area contributed by atoms with Crippen LogP contribution in [0.15, 0.2) is 72.8 Å². The summed E-state index contributed by atoms with van der Waals surface area (Å²) in [6, 6.07) is 20.3. The molecular weight excluding hydrogens is 563 g/mol.